The van der Waals surface area contributed by atoms with Crippen LogP contribution in [0.5, 0.6) is 0 Å². The molecule has 0 aromatic carbocycles. The average molecular weight is 205 g/mol. The normalized spacial score (nSPS) is 22.9. The molecule has 2 rings (SSSR count). The second-order valence-electron chi connectivity index (χ2n) is 4.46. The quantitative estimate of drug-likeness (QED) is 0.786. The van der Waals surface area contributed by atoms with Gasteiger partial charge in [-0.15, -0.1) is 0 Å². The molecule has 1 N–H and O–H groups in total. The molecule has 0 bridgehead atoms. The minimum absolute atomic E-state index is 0.608. The molecule has 15 heavy (non-hydrogen) atoms. The molecule has 0 aliphatic carbocycles. The summed E-state index contributed by atoms with van der Waals surface area (Å²) in [7, 11) is 0. The van der Waals surface area contributed by atoms with Crippen molar-refractivity contribution in [2.75, 3.05) is 19.6 Å². The van der Waals surface area contributed by atoms with Crippen LogP contribution in [0.2, 0.25) is 0 Å². The Bertz CT molecular complexity index is 324. The summed E-state index contributed by atoms with van der Waals surface area (Å²) in [4.78, 5) is 6.71. The first kappa shape index (κ1) is 10.6. The molecule has 3 nitrogen and oxygen atoms in total. The third-order valence-corrected chi connectivity index (χ3v) is 2.79. The largest absolute Gasteiger partial charge is 0.312 e. The van der Waals surface area contributed by atoms with E-state index in [4.69, 9.17) is 0 Å². The van der Waals surface area contributed by atoms with Crippen molar-refractivity contribution < 1.29 is 0 Å². The van der Waals surface area contributed by atoms with Gasteiger partial charge in [-0.05, 0) is 25.0 Å². The summed E-state index contributed by atoms with van der Waals surface area (Å²) >= 11 is 0. The van der Waals surface area contributed by atoms with E-state index in [-0.39, 0.29) is 0 Å². The number of pyridine rings is 1. The summed E-state index contributed by atoms with van der Waals surface area (Å²) in [6.07, 6.45) is 3.88. The molecular weight excluding hydrogens is 186 g/mol. The maximum Gasteiger partial charge on any atom is 0.0313 e. The van der Waals surface area contributed by atoms with E-state index in [1.807, 2.05) is 12.4 Å². The lowest BCUT2D eigenvalue weighted by Crippen LogP contribution is -2.48. The Morgan fingerprint density at radius 3 is 3.13 bits per heavy atom. The number of piperazine rings is 1. The van der Waals surface area contributed by atoms with Crippen molar-refractivity contribution in [3.8, 4) is 0 Å². The molecule has 0 unspecified atom stereocenters. The molecule has 1 aliphatic rings. The van der Waals surface area contributed by atoms with Gasteiger partial charge < -0.3 is 5.32 Å². The maximum atomic E-state index is 4.23. The molecule has 0 saturated carbocycles. The zero-order valence-corrected chi connectivity index (χ0v) is 9.53. The number of nitrogens with zero attached hydrogens (tertiary/aromatic N) is 2. The van der Waals surface area contributed by atoms with Crippen LogP contribution in [0.25, 0.3) is 0 Å². The van der Waals surface area contributed by atoms with Crippen molar-refractivity contribution in [2.24, 2.45) is 0 Å². The number of aromatic nitrogens is 1. The molecule has 1 aliphatic heterocycles. The summed E-state index contributed by atoms with van der Waals surface area (Å²) < 4.78 is 0. The molecule has 0 radical (unpaired) electrons. The predicted octanol–water partition coefficient (Wildman–Crippen LogP) is 1.18. The molecule has 0 spiro atoms. The van der Waals surface area contributed by atoms with Gasteiger partial charge in [-0.3, -0.25) is 9.88 Å². The lowest BCUT2D eigenvalue weighted by Gasteiger charge is -2.31. The Kier molecular flexibility index (Phi) is 3.34. The molecule has 3 heteroatoms. The molecule has 1 aromatic heterocycles. The molecule has 2 heterocycles. The number of rotatable bonds is 2. The summed E-state index contributed by atoms with van der Waals surface area (Å²) in [6, 6.07) is 2.83. The van der Waals surface area contributed by atoms with Crippen LogP contribution in [-0.2, 0) is 6.54 Å². The smallest absolute Gasteiger partial charge is 0.0313 e. The molecular formula is C12H19N3. The van der Waals surface area contributed by atoms with E-state index in [1.54, 1.807) is 0 Å². The molecule has 1 saturated heterocycles. The van der Waals surface area contributed by atoms with Gasteiger partial charge in [-0.25, -0.2) is 0 Å². The fourth-order valence-corrected chi connectivity index (χ4v) is 2.12. The van der Waals surface area contributed by atoms with E-state index >= 15 is 0 Å². The average Bonchev–Trinajstić information content (AvgIpc) is 2.17. The van der Waals surface area contributed by atoms with Crippen LogP contribution in [0.4, 0.5) is 0 Å². The highest BCUT2D eigenvalue weighted by atomic mass is 15.2. The highest BCUT2D eigenvalue weighted by molar-refractivity contribution is 5.16. The molecule has 0 amide bonds. The topological polar surface area (TPSA) is 28.2 Å². The number of nitrogens with one attached hydrogen (secondary N) is 1. The first-order chi connectivity index (χ1) is 7.24. The van der Waals surface area contributed by atoms with E-state index in [0.29, 0.717) is 6.04 Å². The third kappa shape index (κ3) is 3.01. The van der Waals surface area contributed by atoms with Crippen LogP contribution >= 0.6 is 0 Å². The number of hydrogen-bond acceptors (Lipinski definition) is 3. The molecule has 1 aromatic rings. The van der Waals surface area contributed by atoms with Crippen molar-refractivity contribution >= 4 is 0 Å². The monoisotopic (exact) mass is 205 g/mol. The van der Waals surface area contributed by atoms with Gasteiger partial charge >= 0.3 is 0 Å². The van der Waals surface area contributed by atoms with E-state index in [0.717, 1.165) is 26.2 Å². The Labute approximate surface area is 91.5 Å². The molecule has 1 atom stereocenters. The molecule has 1 fully saturated rings. The van der Waals surface area contributed by atoms with Crippen LogP contribution in [0, 0.1) is 6.92 Å². The van der Waals surface area contributed by atoms with Gasteiger partial charge in [-0.2, -0.15) is 0 Å². The fraction of sp³-hybridized carbons (Fsp3) is 0.583. The number of aryl methyl sites for hydroxylation is 1. The van der Waals surface area contributed by atoms with Gasteiger partial charge in [0.05, 0.1) is 0 Å². The summed E-state index contributed by atoms with van der Waals surface area (Å²) in [5.41, 5.74) is 2.57. The van der Waals surface area contributed by atoms with Gasteiger partial charge in [0.1, 0.15) is 0 Å². The third-order valence-electron chi connectivity index (χ3n) is 2.79. The standard InChI is InChI=1S/C12H19N3/c1-10-5-12(7-13-6-10)9-15-4-3-14-11(2)8-15/h5-7,11,14H,3-4,8-9H2,1-2H3/t11-/m0/s1. The van der Waals surface area contributed by atoms with E-state index in [1.165, 1.54) is 11.1 Å². The second-order valence-corrected chi connectivity index (χ2v) is 4.46. The van der Waals surface area contributed by atoms with E-state index in [9.17, 15) is 0 Å². The Hall–Kier alpha value is -0.930. The summed E-state index contributed by atoms with van der Waals surface area (Å²) in [6.45, 7) is 8.73. The van der Waals surface area contributed by atoms with E-state index in [2.05, 4.69) is 35.1 Å². The van der Waals surface area contributed by atoms with Crippen molar-refractivity contribution in [1.29, 1.82) is 0 Å². The minimum atomic E-state index is 0.608. The molecule has 82 valence electrons. The van der Waals surface area contributed by atoms with Crippen LogP contribution in [0.15, 0.2) is 18.5 Å². The van der Waals surface area contributed by atoms with Crippen LogP contribution in [0.3, 0.4) is 0 Å². The summed E-state index contributed by atoms with van der Waals surface area (Å²) in [5, 5.41) is 3.45. The SMILES string of the molecule is Cc1cncc(CN2CCN[C@@H](C)C2)c1. The second kappa shape index (κ2) is 4.73. The van der Waals surface area contributed by atoms with Crippen LogP contribution in [0.1, 0.15) is 18.1 Å². The van der Waals surface area contributed by atoms with Gasteiger partial charge in [0.15, 0.2) is 0 Å². The van der Waals surface area contributed by atoms with Crippen molar-refractivity contribution in [1.82, 2.24) is 15.2 Å². The van der Waals surface area contributed by atoms with Gasteiger partial charge in [-0.1, -0.05) is 6.07 Å². The Morgan fingerprint density at radius 2 is 2.40 bits per heavy atom. The Balaban J connectivity index is 1.96. The highest BCUT2D eigenvalue weighted by Gasteiger charge is 2.15. The Morgan fingerprint density at radius 1 is 1.53 bits per heavy atom. The minimum Gasteiger partial charge on any atom is -0.312 e. The first-order valence-electron chi connectivity index (χ1n) is 5.60. The van der Waals surface area contributed by atoms with E-state index < -0.39 is 0 Å². The van der Waals surface area contributed by atoms with Crippen molar-refractivity contribution in [3.05, 3.63) is 29.6 Å². The maximum absolute atomic E-state index is 4.23. The fourth-order valence-electron chi connectivity index (χ4n) is 2.12. The highest BCUT2D eigenvalue weighted by Crippen LogP contribution is 2.07. The van der Waals surface area contributed by atoms with Crippen molar-refractivity contribution in [2.45, 2.75) is 26.4 Å². The zero-order valence-electron chi connectivity index (χ0n) is 9.53. The number of hydrogen-bond donors (Lipinski definition) is 1. The zero-order chi connectivity index (χ0) is 10.7. The summed E-state index contributed by atoms with van der Waals surface area (Å²) in [5.74, 6) is 0. The lowest BCUT2D eigenvalue weighted by molar-refractivity contribution is 0.199. The van der Waals surface area contributed by atoms with Gasteiger partial charge in [0.2, 0.25) is 0 Å². The lowest BCUT2D eigenvalue weighted by atomic mass is 10.2. The first-order valence-corrected chi connectivity index (χ1v) is 5.60. The van der Waals surface area contributed by atoms with Crippen LogP contribution in [-0.4, -0.2) is 35.6 Å². The van der Waals surface area contributed by atoms with Crippen LogP contribution < -0.4 is 5.32 Å². The van der Waals surface area contributed by atoms with Gasteiger partial charge in [0, 0.05) is 44.6 Å². The van der Waals surface area contributed by atoms with Gasteiger partial charge in [0.25, 0.3) is 0 Å². The predicted molar refractivity (Wildman–Crippen MR) is 61.7 cm³/mol. The van der Waals surface area contributed by atoms with Crippen molar-refractivity contribution in [3.63, 3.8) is 0 Å².